The molecule has 0 aliphatic carbocycles. The van der Waals surface area contributed by atoms with E-state index < -0.39 is 0 Å². The van der Waals surface area contributed by atoms with Crippen LogP contribution in [0.3, 0.4) is 0 Å². The van der Waals surface area contributed by atoms with Gasteiger partial charge in [-0.15, -0.1) is 0 Å². The fraction of sp³-hybridized carbons (Fsp3) is 0.278. The highest BCUT2D eigenvalue weighted by Crippen LogP contribution is 2.32. The lowest BCUT2D eigenvalue weighted by Gasteiger charge is -2.14. The molecule has 0 bridgehead atoms. The number of methoxy groups -OCH3 is 3. The second-order valence-corrected chi connectivity index (χ2v) is 5.10. The monoisotopic (exact) mass is 315 g/mol. The molecule has 0 atom stereocenters. The number of amides is 1. The molecule has 5 nitrogen and oxygen atoms in total. The molecule has 0 aliphatic heterocycles. The summed E-state index contributed by atoms with van der Waals surface area (Å²) >= 11 is 0. The SMILES string of the molecule is COc1ccc(CC(=O)Nc2cc(OC)c(C)cc2OC)cc1. The van der Waals surface area contributed by atoms with Crippen molar-refractivity contribution in [2.45, 2.75) is 13.3 Å². The molecule has 1 amide bonds. The summed E-state index contributed by atoms with van der Waals surface area (Å²) in [5, 5.41) is 2.87. The highest BCUT2D eigenvalue weighted by molar-refractivity contribution is 5.94. The van der Waals surface area contributed by atoms with Crippen LogP contribution in [0.2, 0.25) is 0 Å². The molecule has 0 unspecified atom stereocenters. The van der Waals surface area contributed by atoms with Crippen LogP contribution in [-0.2, 0) is 11.2 Å². The molecule has 0 radical (unpaired) electrons. The molecule has 23 heavy (non-hydrogen) atoms. The van der Waals surface area contributed by atoms with E-state index in [1.807, 2.05) is 37.3 Å². The number of anilines is 1. The summed E-state index contributed by atoms with van der Waals surface area (Å²) < 4.78 is 15.7. The zero-order chi connectivity index (χ0) is 16.8. The Bertz CT molecular complexity index is 680. The summed E-state index contributed by atoms with van der Waals surface area (Å²) in [6.45, 7) is 1.92. The van der Waals surface area contributed by atoms with Gasteiger partial charge in [-0.25, -0.2) is 0 Å². The highest BCUT2D eigenvalue weighted by Gasteiger charge is 2.12. The van der Waals surface area contributed by atoms with Crippen molar-refractivity contribution >= 4 is 11.6 Å². The topological polar surface area (TPSA) is 56.8 Å². The van der Waals surface area contributed by atoms with Gasteiger partial charge in [0.2, 0.25) is 5.91 Å². The van der Waals surface area contributed by atoms with Crippen LogP contribution in [0.5, 0.6) is 17.2 Å². The fourth-order valence-corrected chi connectivity index (χ4v) is 2.27. The molecule has 0 spiro atoms. The Morgan fingerprint density at radius 2 is 1.61 bits per heavy atom. The Morgan fingerprint density at radius 1 is 0.957 bits per heavy atom. The average Bonchev–Trinajstić information content (AvgIpc) is 2.56. The number of carbonyl (C=O) groups excluding carboxylic acids is 1. The quantitative estimate of drug-likeness (QED) is 0.889. The number of hydrogen-bond donors (Lipinski definition) is 1. The van der Waals surface area contributed by atoms with Gasteiger partial charge in [0.25, 0.3) is 0 Å². The van der Waals surface area contributed by atoms with Crippen LogP contribution in [0.25, 0.3) is 0 Å². The Hall–Kier alpha value is -2.69. The standard InChI is InChI=1S/C18H21NO4/c1-12-9-17(23-4)15(11-16(12)22-3)19-18(20)10-13-5-7-14(21-2)8-6-13/h5-9,11H,10H2,1-4H3,(H,19,20). The minimum atomic E-state index is -0.126. The van der Waals surface area contributed by atoms with Crippen LogP contribution in [0.15, 0.2) is 36.4 Å². The van der Waals surface area contributed by atoms with Crippen molar-refractivity contribution in [1.82, 2.24) is 0 Å². The van der Waals surface area contributed by atoms with Crippen LogP contribution in [0, 0.1) is 6.92 Å². The summed E-state index contributed by atoms with van der Waals surface area (Å²) in [5.74, 6) is 1.94. The first kappa shape index (κ1) is 16.7. The van der Waals surface area contributed by atoms with Gasteiger partial charge in [0.15, 0.2) is 0 Å². The van der Waals surface area contributed by atoms with Gasteiger partial charge in [0, 0.05) is 6.07 Å². The first-order chi connectivity index (χ1) is 11.1. The molecule has 0 aromatic heterocycles. The van der Waals surface area contributed by atoms with Gasteiger partial charge in [0.1, 0.15) is 17.2 Å². The van der Waals surface area contributed by atoms with Crippen molar-refractivity contribution in [3.8, 4) is 17.2 Å². The third-order valence-corrected chi connectivity index (χ3v) is 3.51. The minimum absolute atomic E-state index is 0.126. The van der Waals surface area contributed by atoms with Crippen LogP contribution in [0.4, 0.5) is 5.69 Å². The number of benzene rings is 2. The summed E-state index contributed by atoms with van der Waals surface area (Å²) in [7, 11) is 4.77. The summed E-state index contributed by atoms with van der Waals surface area (Å²) in [4.78, 5) is 12.3. The van der Waals surface area contributed by atoms with E-state index in [9.17, 15) is 4.79 Å². The molecular weight excluding hydrogens is 294 g/mol. The van der Waals surface area contributed by atoms with Gasteiger partial charge in [0.05, 0.1) is 33.4 Å². The average molecular weight is 315 g/mol. The molecule has 0 aliphatic rings. The second-order valence-electron chi connectivity index (χ2n) is 5.10. The van der Waals surface area contributed by atoms with Crippen LogP contribution in [0.1, 0.15) is 11.1 Å². The Labute approximate surface area is 136 Å². The van der Waals surface area contributed by atoms with Crippen molar-refractivity contribution < 1.29 is 19.0 Å². The van der Waals surface area contributed by atoms with Crippen molar-refractivity contribution in [1.29, 1.82) is 0 Å². The van der Waals surface area contributed by atoms with E-state index in [0.29, 0.717) is 17.2 Å². The number of hydrogen-bond acceptors (Lipinski definition) is 4. The van der Waals surface area contributed by atoms with E-state index in [1.54, 1.807) is 27.4 Å². The largest absolute Gasteiger partial charge is 0.497 e. The number of rotatable bonds is 6. The molecular formula is C18H21NO4. The third-order valence-electron chi connectivity index (χ3n) is 3.51. The molecule has 0 saturated carbocycles. The number of carbonyl (C=O) groups is 1. The molecule has 2 rings (SSSR count). The fourth-order valence-electron chi connectivity index (χ4n) is 2.27. The lowest BCUT2D eigenvalue weighted by atomic mass is 10.1. The van der Waals surface area contributed by atoms with E-state index in [-0.39, 0.29) is 12.3 Å². The summed E-state index contributed by atoms with van der Waals surface area (Å²) in [6.07, 6.45) is 0.267. The van der Waals surface area contributed by atoms with Crippen molar-refractivity contribution in [3.63, 3.8) is 0 Å². The molecule has 1 N–H and O–H groups in total. The van der Waals surface area contributed by atoms with Crippen molar-refractivity contribution in [3.05, 3.63) is 47.5 Å². The van der Waals surface area contributed by atoms with Gasteiger partial charge < -0.3 is 19.5 Å². The molecule has 0 heterocycles. The molecule has 2 aromatic carbocycles. The predicted octanol–water partition coefficient (Wildman–Crippen LogP) is 3.20. The Kier molecular flexibility index (Phi) is 5.46. The number of ether oxygens (including phenoxy) is 3. The van der Waals surface area contributed by atoms with Crippen molar-refractivity contribution in [2.75, 3.05) is 26.6 Å². The Balaban J connectivity index is 2.12. The zero-order valence-electron chi connectivity index (χ0n) is 13.8. The normalized spacial score (nSPS) is 10.1. The first-order valence-corrected chi connectivity index (χ1v) is 7.22. The van der Waals surface area contributed by atoms with Crippen LogP contribution < -0.4 is 19.5 Å². The van der Waals surface area contributed by atoms with E-state index >= 15 is 0 Å². The summed E-state index contributed by atoms with van der Waals surface area (Å²) in [6, 6.07) is 11.0. The van der Waals surface area contributed by atoms with Crippen molar-refractivity contribution in [2.24, 2.45) is 0 Å². The van der Waals surface area contributed by atoms with Gasteiger partial charge in [-0.2, -0.15) is 0 Å². The predicted molar refractivity (Wildman–Crippen MR) is 89.6 cm³/mol. The summed E-state index contributed by atoms with van der Waals surface area (Å²) in [5.41, 5.74) is 2.44. The van der Waals surface area contributed by atoms with E-state index in [2.05, 4.69) is 5.32 Å². The van der Waals surface area contributed by atoms with Gasteiger partial charge >= 0.3 is 0 Å². The smallest absolute Gasteiger partial charge is 0.228 e. The van der Waals surface area contributed by atoms with E-state index in [4.69, 9.17) is 14.2 Å². The van der Waals surface area contributed by atoms with Crippen LogP contribution >= 0.6 is 0 Å². The maximum Gasteiger partial charge on any atom is 0.228 e. The van der Waals surface area contributed by atoms with Gasteiger partial charge in [-0.05, 0) is 36.2 Å². The highest BCUT2D eigenvalue weighted by atomic mass is 16.5. The van der Waals surface area contributed by atoms with Crippen LogP contribution in [-0.4, -0.2) is 27.2 Å². The van der Waals surface area contributed by atoms with Gasteiger partial charge in [-0.1, -0.05) is 12.1 Å². The number of aryl methyl sites for hydroxylation is 1. The first-order valence-electron chi connectivity index (χ1n) is 7.22. The lowest BCUT2D eigenvalue weighted by Crippen LogP contribution is -2.15. The second kappa shape index (κ2) is 7.54. The molecule has 0 saturated heterocycles. The molecule has 2 aromatic rings. The number of nitrogens with one attached hydrogen (secondary N) is 1. The third kappa shape index (κ3) is 4.16. The Morgan fingerprint density at radius 3 is 2.17 bits per heavy atom. The molecule has 0 fully saturated rings. The minimum Gasteiger partial charge on any atom is -0.497 e. The van der Waals surface area contributed by atoms with Gasteiger partial charge in [-0.3, -0.25) is 4.79 Å². The molecule has 122 valence electrons. The molecule has 5 heteroatoms. The lowest BCUT2D eigenvalue weighted by molar-refractivity contribution is -0.115. The maximum absolute atomic E-state index is 12.3. The van der Waals surface area contributed by atoms with E-state index in [1.165, 1.54) is 0 Å². The maximum atomic E-state index is 12.3. The van der Waals surface area contributed by atoms with E-state index in [0.717, 1.165) is 16.9 Å². The zero-order valence-corrected chi connectivity index (χ0v) is 13.8.